The number of ether oxygens (including phenoxy) is 1. The lowest BCUT2D eigenvalue weighted by atomic mass is 10.3. The number of carbonyl (C=O) groups excluding carboxylic acids is 1. The van der Waals surface area contributed by atoms with E-state index in [4.69, 9.17) is 4.74 Å². The molecule has 0 spiro atoms. The van der Waals surface area contributed by atoms with Crippen LogP contribution in [0.15, 0.2) is 6.20 Å². The summed E-state index contributed by atoms with van der Waals surface area (Å²) >= 11 is 1.45. The van der Waals surface area contributed by atoms with Gasteiger partial charge in [0.15, 0.2) is 10.8 Å². The highest BCUT2D eigenvalue weighted by atomic mass is 32.1. The van der Waals surface area contributed by atoms with E-state index >= 15 is 0 Å². The highest BCUT2D eigenvalue weighted by molar-refractivity contribution is 7.15. The maximum absolute atomic E-state index is 11.7. The Bertz CT molecular complexity index is 618. The van der Waals surface area contributed by atoms with Crippen molar-refractivity contribution in [3.63, 3.8) is 0 Å². The molecule has 0 atom stereocenters. The predicted octanol–water partition coefficient (Wildman–Crippen LogP) is 2.28. The number of hydrogen-bond donors (Lipinski definition) is 1. The second-order valence-electron chi connectivity index (χ2n) is 4.41. The summed E-state index contributed by atoms with van der Waals surface area (Å²) in [6.07, 6.45) is 1.97. The van der Waals surface area contributed by atoms with E-state index < -0.39 is 0 Å². The molecule has 6 nitrogen and oxygen atoms in total. The van der Waals surface area contributed by atoms with E-state index in [0.717, 1.165) is 16.1 Å². The van der Waals surface area contributed by atoms with Gasteiger partial charge >= 0.3 is 5.97 Å². The first kappa shape index (κ1) is 14.5. The molecule has 2 rings (SSSR count). The van der Waals surface area contributed by atoms with Crippen molar-refractivity contribution in [2.45, 2.75) is 27.3 Å². The van der Waals surface area contributed by atoms with Crippen LogP contribution in [-0.4, -0.2) is 27.3 Å². The lowest BCUT2D eigenvalue weighted by Crippen LogP contribution is -2.07. The maximum atomic E-state index is 11.7. The van der Waals surface area contributed by atoms with E-state index in [-0.39, 0.29) is 5.97 Å². The van der Waals surface area contributed by atoms with E-state index in [1.807, 2.05) is 27.1 Å². The van der Waals surface area contributed by atoms with Gasteiger partial charge in [-0.25, -0.2) is 9.78 Å². The van der Waals surface area contributed by atoms with Crippen LogP contribution in [-0.2, 0) is 18.3 Å². The summed E-state index contributed by atoms with van der Waals surface area (Å²) in [5, 5.41) is 8.22. The van der Waals surface area contributed by atoms with Crippen molar-refractivity contribution in [2.24, 2.45) is 7.05 Å². The van der Waals surface area contributed by atoms with Crippen molar-refractivity contribution < 1.29 is 9.53 Å². The van der Waals surface area contributed by atoms with E-state index in [0.29, 0.717) is 24.0 Å². The van der Waals surface area contributed by atoms with Gasteiger partial charge in [0.1, 0.15) is 0 Å². The SMILES string of the molecule is CCOC(=O)c1nc(NCc2cn(C)nc2C)sc1C. The predicted molar refractivity (Wildman–Crippen MR) is 78.1 cm³/mol. The number of carbonyl (C=O) groups is 1. The molecular formula is C13H18N4O2S. The molecule has 2 aromatic rings. The lowest BCUT2D eigenvalue weighted by molar-refractivity contribution is 0.0519. The van der Waals surface area contributed by atoms with E-state index in [2.05, 4.69) is 15.4 Å². The van der Waals surface area contributed by atoms with Crippen LogP contribution >= 0.6 is 11.3 Å². The second-order valence-corrected chi connectivity index (χ2v) is 5.61. The average Bonchev–Trinajstić information content (AvgIpc) is 2.90. The van der Waals surface area contributed by atoms with Gasteiger partial charge in [-0.1, -0.05) is 0 Å². The van der Waals surface area contributed by atoms with Crippen LogP contribution in [0, 0.1) is 13.8 Å². The minimum absolute atomic E-state index is 0.355. The Hall–Kier alpha value is -1.89. The first-order valence-electron chi connectivity index (χ1n) is 6.38. The number of nitrogens with one attached hydrogen (secondary N) is 1. The van der Waals surface area contributed by atoms with E-state index in [1.165, 1.54) is 11.3 Å². The molecule has 0 aromatic carbocycles. The van der Waals surface area contributed by atoms with Crippen molar-refractivity contribution in [3.8, 4) is 0 Å². The standard InChI is InChI=1S/C13H18N4O2S/c1-5-19-12(18)11-9(3)20-13(15-11)14-6-10-7-17(4)16-8(10)2/h7H,5-6H2,1-4H3,(H,14,15). The minimum Gasteiger partial charge on any atom is -0.461 e. The van der Waals surface area contributed by atoms with Gasteiger partial charge in [-0.05, 0) is 20.8 Å². The largest absolute Gasteiger partial charge is 0.461 e. The summed E-state index contributed by atoms with van der Waals surface area (Å²) in [5.41, 5.74) is 2.49. The zero-order chi connectivity index (χ0) is 14.7. The molecule has 0 aliphatic carbocycles. The van der Waals surface area contributed by atoms with Crippen LogP contribution in [0.25, 0.3) is 0 Å². The number of hydrogen-bond acceptors (Lipinski definition) is 6. The van der Waals surface area contributed by atoms with Gasteiger partial charge < -0.3 is 10.1 Å². The molecule has 2 heterocycles. The molecule has 0 aliphatic rings. The van der Waals surface area contributed by atoms with Crippen molar-refractivity contribution in [3.05, 3.63) is 28.0 Å². The Labute approximate surface area is 121 Å². The summed E-state index contributed by atoms with van der Waals surface area (Å²) in [6, 6.07) is 0. The maximum Gasteiger partial charge on any atom is 0.358 e. The fraction of sp³-hybridized carbons (Fsp3) is 0.462. The van der Waals surface area contributed by atoms with Crippen LogP contribution in [0.2, 0.25) is 0 Å². The van der Waals surface area contributed by atoms with Crippen molar-refractivity contribution in [2.75, 3.05) is 11.9 Å². The molecule has 0 amide bonds. The fourth-order valence-electron chi connectivity index (χ4n) is 1.85. The monoisotopic (exact) mass is 294 g/mol. The molecule has 108 valence electrons. The van der Waals surface area contributed by atoms with Gasteiger partial charge in [0.25, 0.3) is 0 Å². The molecule has 1 N–H and O–H groups in total. The number of thiazole rings is 1. The minimum atomic E-state index is -0.369. The first-order valence-corrected chi connectivity index (χ1v) is 7.20. The molecule has 7 heteroatoms. The number of nitrogens with zero attached hydrogens (tertiary/aromatic N) is 3. The topological polar surface area (TPSA) is 69.0 Å². The second kappa shape index (κ2) is 6.04. The molecule has 2 aromatic heterocycles. The molecule has 0 bridgehead atoms. The summed E-state index contributed by atoms with van der Waals surface area (Å²) < 4.78 is 6.75. The van der Waals surface area contributed by atoms with Crippen LogP contribution in [0.1, 0.15) is 33.5 Å². The van der Waals surface area contributed by atoms with Crippen LogP contribution in [0.5, 0.6) is 0 Å². The Morgan fingerprint density at radius 3 is 2.85 bits per heavy atom. The Balaban J connectivity index is 2.05. The molecule has 0 saturated carbocycles. The molecule has 0 saturated heterocycles. The number of rotatable bonds is 5. The van der Waals surface area contributed by atoms with Gasteiger partial charge in [0, 0.05) is 30.2 Å². The quantitative estimate of drug-likeness (QED) is 0.857. The highest BCUT2D eigenvalue weighted by Gasteiger charge is 2.16. The van der Waals surface area contributed by atoms with E-state index in [1.54, 1.807) is 11.6 Å². The van der Waals surface area contributed by atoms with Gasteiger partial charge in [-0.15, -0.1) is 11.3 Å². The van der Waals surface area contributed by atoms with Crippen LogP contribution in [0.4, 0.5) is 5.13 Å². The number of anilines is 1. The number of aryl methyl sites for hydroxylation is 3. The first-order chi connectivity index (χ1) is 9.51. The zero-order valence-electron chi connectivity index (χ0n) is 12.1. The Kier molecular flexibility index (Phi) is 4.39. The average molecular weight is 294 g/mol. The van der Waals surface area contributed by atoms with Crippen LogP contribution in [0.3, 0.4) is 0 Å². The van der Waals surface area contributed by atoms with E-state index in [9.17, 15) is 4.79 Å². The molecule has 0 radical (unpaired) electrons. The molecule has 0 fully saturated rings. The normalized spacial score (nSPS) is 10.6. The highest BCUT2D eigenvalue weighted by Crippen LogP contribution is 2.23. The lowest BCUT2D eigenvalue weighted by Gasteiger charge is -2.00. The fourth-order valence-corrected chi connectivity index (χ4v) is 2.65. The molecule has 0 aliphatic heterocycles. The molecular weight excluding hydrogens is 276 g/mol. The van der Waals surface area contributed by atoms with Gasteiger partial charge in [0.2, 0.25) is 0 Å². The molecule has 20 heavy (non-hydrogen) atoms. The van der Waals surface area contributed by atoms with Crippen molar-refractivity contribution in [1.29, 1.82) is 0 Å². The summed E-state index contributed by atoms with van der Waals surface area (Å²) in [6.45, 7) is 6.60. The van der Waals surface area contributed by atoms with Crippen molar-refractivity contribution >= 4 is 22.4 Å². The van der Waals surface area contributed by atoms with Gasteiger partial charge in [-0.3, -0.25) is 4.68 Å². The third kappa shape index (κ3) is 3.16. The zero-order valence-corrected chi connectivity index (χ0v) is 12.9. The van der Waals surface area contributed by atoms with Crippen LogP contribution < -0.4 is 5.32 Å². The summed E-state index contributed by atoms with van der Waals surface area (Å²) in [5.74, 6) is -0.369. The Morgan fingerprint density at radius 1 is 1.50 bits per heavy atom. The van der Waals surface area contributed by atoms with Crippen molar-refractivity contribution in [1.82, 2.24) is 14.8 Å². The number of esters is 1. The summed E-state index contributed by atoms with van der Waals surface area (Å²) in [7, 11) is 1.89. The smallest absolute Gasteiger partial charge is 0.358 e. The number of aromatic nitrogens is 3. The summed E-state index contributed by atoms with van der Waals surface area (Å²) in [4.78, 5) is 16.8. The van der Waals surface area contributed by atoms with Gasteiger partial charge in [-0.2, -0.15) is 5.10 Å². The van der Waals surface area contributed by atoms with Gasteiger partial charge in [0.05, 0.1) is 12.3 Å². The third-order valence-electron chi connectivity index (χ3n) is 2.81. The Morgan fingerprint density at radius 2 is 2.25 bits per heavy atom. The molecule has 0 unspecified atom stereocenters. The third-order valence-corrected chi connectivity index (χ3v) is 3.74.